The first-order chi connectivity index (χ1) is 10.5. The third-order valence-electron chi connectivity index (χ3n) is 3.78. The van der Waals surface area contributed by atoms with Crippen LogP contribution in [0.3, 0.4) is 0 Å². The van der Waals surface area contributed by atoms with Crippen molar-refractivity contribution in [3.05, 3.63) is 42.4 Å². The number of nitrogens with one attached hydrogen (secondary N) is 1. The van der Waals surface area contributed by atoms with Gasteiger partial charge in [-0.2, -0.15) is 10.1 Å². The molecule has 2 aromatic rings. The summed E-state index contributed by atoms with van der Waals surface area (Å²) in [5.74, 6) is 0.390. The van der Waals surface area contributed by atoms with Crippen molar-refractivity contribution < 1.29 is 14.6 Å². The molecule has 1 aliphatic rings. The minimum Gasteiger partial charge on any atom is -0.504 e. The van der Waals surface area contributed by atoms with Gasteiger partial charge in [0, 0.05) is 5.70 Å². The lowest BCUT2D eigenvalue weighted by atomic mass is 9.86. The van der Waals surface area contributed by atoms with E-state index < -0.39 is 12.0 Å². The van der Waals surface area contributed by atoms with Crippen LogP contribution >= 0.6 is 0 Å². The van der Waals surface area contributed by atoms with E-state index in [-0.39, 0.29) is 11.5 Å². The molecule has 0 fully saturated rings. The Hall–Kier alpha value is -2.83. The van der Waals surface area contributed by atoms with Crippen LogP contribution in [0.5, 0.6) is 11.5 Å². The Morgan fingerprint density at radius 1 is 1.50 bits per heavy atom. The summed E-state index contributed by atoms with van der Waals surface area (Å²) in [6.07, 6.45) is 1.42. The fourth-order valence-electron chi connectivity index (χ4n) is 2.78. The quantitative estimate of drug-likeness (QED) is 0.897. The molecule has 3 rings (SSSR count). The molecule has 2 N–H and O–H groups in total. The van der Waals surface area contributed by atoms with Crippen LogP contribution in [-0.4, -0.2) is 32.8 Å². The van der Waals surface area contributed by atoms with Crippen molar-refractivity contribution in [2.45, 2.75) is 13.0 Å². The van der Waals surface area contributed by atoms with Gasteiger partial charge in [-0.3, -0.25) is 4.79 Å². The van der Waals surface area contributed by atoms with Crippen LogP contribution in [-0.2, 0) is 4.79 Å². The molecule has 0 aliphatic carbocycles. The molecule has 2 heterocycles. The van der Waals surface area contributed by atoms with Gasteiger partial charge in [0.1, 0.15) is 12.1 Å². The maximum absolute atomic E-state index is 12.1. The topological polar surface area (TPSA) is 89.3 Å². The third kappa shape index (κ3) is 2.11. The zero-order chi connectivity index (χ0) is 15.9. The highest BCUT2D eigenvalue weighted by atomic mass is 16.5. The van der Waals surface area contributed by atoms with E-state index in [1.165, 1.54) is 26.4 Å². The van der Waals surface area contributed by atoms with E-state index in [0.717, 1.165) is 5.56 Å². The van der Waals surface area contributed by atoms with Gasteiger partial charge in [-0.05, 0) is 24.6 Å². The van der Waals surface area contributed by atoms with E-state index in [1.807, 2.05) is 0 Å². The number of ketones is 1. The van der Waals surface area contributed by atoms with E-state index >= 15 is 0 Å². The van der Waals surface area contributed by atoms with Crippen molar-refractivity contribution in [3.8, 4) is 11.5 Å². The van der Waals surface area contributed by atoms with E-state index in [2.05, 4.69) is 22.0 Å². The number of benzene rings is 1. The first-order valence-electron chi connectivity index (χ1n) is 6.75. The Kier molecular flexibility index (Phi) is 3.32. The number of Topliss-reactive ketones (excluding diaryl/α,β-unsaturated/α-hetero) is 1. The minimum absolute atomic E-state index is 0.0318. The Morgan fingerprint density at radius 3 is 2.95 bits per heavy atom. The lowest BCUT2D eigenvalue weighted by Crippen LogP contribution is -2.35. The maximum atomic E-state index is 12.1. The number of carbonyl (C=O) groups is 1. The average Bonchev–Trinajstić information content (AvgIpc) is 2.94. The molecule has 0 bridgehead atoms. The van der Waals surface area contributed by atoms with Gasteiger partial charge in [-0.1, -0.05) is 12.6 Å². The Bertz CT molecular complexity index is 753. The number of carbonyl (C=O) groups excluding carboxylic acids is 1. The van der Waals surface area contributed by atoms with Crippen LogP contribution in [0.2, 0.25) is 0 Å². The smallest absolute Gasteiger partial charge is 0.226 e. The predicted octanol–water partition coefficient (Wildman–Crippen LogP) is 1.73. The summed E-state index contributed by atoms with van der Waals surface area (Å²) >= 11 is 0. The number of hydrogen-bond donors (Lipinski definition) is 2. The Labute approximate surface area is 127 Å². The summed E-state index contributed by atoms with van der Waals surface area (Å²) < 4.78 is 6.80. The number of methoxy groups -OCH3 is 1. The van der Waals surface area contributed by atoms with Crippen molar-refractivity contribution in [1.29, 1.82) is 0 Å². The van der Waals surface area contributed by atoms with Crippen molar-refractivity contribution >= 4 is 11.7 Å². The second kappa shape index (κ2) is 5.18. The monoisotopic (exact) mass is 300 g/mol. The second-order valence-corrected chi connectivity index (χ2v) is 5.14. The predicted molar refractivity (Wildman–Crippen MR) is 79.8 cm³/mol. The number of rotatable bonds is 3. The van der Waals surface area contributed by atoms with Gasteiger partial charge < -0.3 is 15.2 Å². The van der Waals surface area contributed by atoms with E-state index in [9.17, 15) is 9.90 Å². The van der Waals surface area contributed by atoms with Crippen LogP contribution < -0.4 is 10.1 Å². The molecule has 7 nitrogen and oxygen atoms in total. The third-order valence-corrected chi connectivity index (χ3v) is 3.78. The van der Waals surface area contributed by atoms with Crippen LogP contribution in [0.1, 0.15) is 18.5 Å². The summed E-state index contributed by atoms with van der Waals surface area (Å²) in [5, 5.41) is 17.0. The van der Waals surface area contributed by atoms with E-state index in [1.54, 1.807) is 16.8 Å². The summed E-state index contributed by atoms with van der Waals surface area (Å²) in [5.41, 5.74) is 1.36. The number of hydrogen-bond acceptors (Lipinski definition) is 6. The number of aromatic hydroxyl groups is 1. The molecule has 7 heteroatoms. The van der Waals surface area contributed by atoms with Gasteiger partial charge in [0.2, 0.25) is 5.95 Å². The van der Waals surface area contributed by atoms with Gasteiger partial charge in [0.25, 0.3) is 0 Å². The van der Waals surface area contributed by atoms with Crippen molar-refractivity contribution in [1.82, 2.24) is 14.8 Å². The van der Waals surface area contributed by atoms with Crippen LogP contribution in [0.15, 0.2) is 36.8 Å². The number of ether oxygens (including phenoxy) is 1. The van der Waals surface area contributed by atoms with Crippen LogP contribution in [0, 0.1) is 5.92 Å². The van der Waals surface area contributed by atoms with Crippen molar-refractivity contribution in [3.63, 3.8) is 0 Å². The van der Waals surface area contributed by atoms with Gasteiger partial charge >= 0.3 is 0 Å². The molecule has 0 spiro atoms. The summed E-state index contributed by atoms with van der Waals surface area (Å²) in [7, 11) is 1.48. The lowest BCUT2D eigenvalue weighted by molar-refractivity contribution is -0.120. The lowest BCUT2D eigenvalue weighted by Gasteiger charge is -2.33. The highest BCUT2D eigenvalue weighted by Crippen LogP contribution is 2.39. The standard InChI is InChI=1S/C15H16N4O3/c1-8-13(9(2)20)14(19-15(18-8)16-7-17-19)10-4-5-11(21)12(6-10)22-3/h4-7,13-14,21H,1H2,2-3H3,(H,16,17,18). The van der Waals surface area contributed by atoms with Gasteiger partial charge in [-0.15, -0.1) is 0 Å². The van der Waals surface area contributed by atoms with Crippen LogP contribution in [0.25, 0.3) is 0 Å². The van der Waals surface area contributed by atoms with Gasteiger partial charge in [0.05, 0.1) is 19.1 Å². The number of nitrogens with zero attached hydrogens (tertiary/aromatic N) is 3. The van der Waals surface area contributed by atoms with Crippen molar-refractivity contribution in [2.75, 3.05) is 12.4 Å². The van der Waals surface area contributed by atoms with Gasteiger partial charge in [-0.25, -0.2) is 4.68 Å². The molecular weight excluding hydrogens is 284 g/mol. The van der Waals surface area contributed by atoms with E-state index in [4.69, 9.17) is 4.74 Å². The molecule has 114 valence electrons. The number of phenolic OH excluding ortho intramolecular Hbond substituents is 1. The molecule has 2 unspecified atom stereocenters. The summed E-state index contributed by atoms with van der Waals surface area (Å²) in [6, 6.07) is 4.58. The first-order valence-corrected chi connectivity index (χ1v) is 6.75. The molecule has 22 heavy (non-hydrogen) atoms. The number of phenols is 1. The summed E-state index contributed by atoms with van der Waals surface area (Å²) in [4.78, 5) is 16.2. The second-order valence-electron chi connectivity index (χ2n) is 5.14. The molecule has 0 amide bonds. The highest BCUT2D eigenvalue weighted by molar-refractivity contribution is 5.83. The fourth-order valence-corrected chi connectivity index (χ4v) is 2.78. The molecule has 0 saturated heterocycles. The molecule has 1 aromatic heterocycles. The molecule has 0 radical (unpaired) electrons. The zero-order valence-corrected chi connectivity index (χ0v) is 12.3. The molecular formula is C15H16N4O3. The Balaban J connectivity index is 2.17. The van der Waals surface area contributed by atoms with E-state index in [0.29, 0.717) is 17.4 Å². The minimum atomic E-state index is -0.483. The largest absolute Gasteiger partial charge is 0.504 e. The SMILES string of the molecule is C=C1Nc2ncnn2C(c2ccc(O)c(OC)c2)C1C(C)=O. The molecule has 0 saturated carbocycles. The van der Waals surface area contributed by atoms with Gasteiger partial charge in [0.15, 0.2) is 11.5 Å². The number of anilines is 1. The number of aromatic nitrogens is 3. The van der Waals surface area contributed by atoms with Crippen molar-refractivity contribution in [2.24, 2.45) is 5.92 Å². The molecule has 2 atom stereocenters. The van der Waals surface area contributed by atoms with Crippen LogP contribution in [0.4, 0.5) is 5.95 Å². The fraction of sp³-hybridized carbons (Fsp3) is 0.267. The number of allylic oxidation sites excluding steroid dienone is 1. The first kappa shape index (κ1) is 14.1. The highest BCUT2D eigenvalue weighted by Gasteiger charge is 2.37. The molecule has 1 aromatic carbocycles. The maximum Gasteiger partial charge on any atom is 0.226 e. The summed E-state index contributed by atoms with van der Waals surface area (Å²) in [6.45, 7) is 5.46. The average molecular weight is 300 g/mol. The number of fused-ring (bicyclic) bond motifs is 1. The normalized spacial score (nSPS) is 20.2. The zero-order valence-electron chi connectivity index (χ0n) is 12.3. The Morgan fingerprint density at radius 2 is 2.27 bits per heavy atom. The molecule has 1 aliphatic heterocycles.